The van der Waals surface area contributed by atoms with Crippen LogP contribution < -0.4 is 14.8 Å². The van der Waals surface area contributed by atoms with Crippen LogP contribution in [0.1, 0.15) is 80.3 Å². The Morgan fingerprint density at radius 3 is 1.50 bits per heavy atom. The zero-order valence-electron chi connectivity index (χ0n) is 49.0. The molecule has 0 aliphatic carbocycles. The molecule has 3 N–H and O–H groups in total. The highest BCUT2D eigenvalue weighted by Crippen LogP contribution is 2.33. The average Bonchev–Trinajstić information content (AvgIpc) is 1.65. The number of fused-ring (bicyclic) bond motifs is 2. The highest BCUT2D eigenvalue weighted by atomic mass is 19.1. The maximum Gasteiger partial charge on any atom is 0.409 e. The number of likely N-dealkylation sites (tertiary alicyclic amines) is 1. The number of aromatic carboxylic acids is 2. The Hall–Kier alpha value is -11.1. The molecule has 0 spiro atoms. The van der Waals surface area contributed by atoms with Crippen molar-refractivity contribution in [2.45, 2.75) is 76.9 Å². The van der Waals surface area contributed by atoms with Crippen LogP contribution >= 0.6 is 0 Å². The van der Waals surface area contributed by atoms with E-state index in [1.54, 1.807) is 39.8 Å². The van der Waals surface area contributed by atoms with Crippen LogP contribution in [0.4, 0.5) is 42.5 Å². The number of carbonyl (C=O) groups is 3. The van der Waals surface area contributed by atoms with E-state index in [0.29, 0.717) is 53.2 Å². The van der Waals surface area contributed by atoms with E-state index in [1.165, 1.54) is 73.8 Å². The number of carboxylic acids is 2. The minimum atomic E-state index is -1.13. The number of nitrogens with one attached hydrogen (secondary N) is 1. The number of halogens is 6. The highest BCUT2D eigenvalue weighted by molar-refractivity contribution is 5.93. The molecule has 2 atom stereocenters. The van der Waals surface area contributed by atoms with Crippen molar-refractivity contribution in [3.05, 3.63) is 236 Å². The predicted octanol–water partition coefficient (Wildman–Crippen LogP) is 13.9. The van der Waals surface area contributed by atoms with Gasteiger partial charge in [-0.2, -0.15) is 0 Å². The second-order valence-electron chi connectivity index (χ2n) is 21.8. The molecule has 2 fully saturated rings. The molecule has 2 aliphatic heterocycles. The van der Waals surface area contributed by atoms with Gasteiger partial charge >= 0.3 is 18.0 Å². The van der Waals surface area contributed by atoms with Gasteiger partial charge in [0, 0.05) is 72.9 Å². The van der Waals surface area contributed by atoms with E-state index in [4.69, 9.17) is 27.4 Å². The van der Waals surface area contributed by atoms with Crippen LogP contribution in [0.5, 0.6) is 11.8 Å². The molecule has 0 radical (unpaired) electrons. The molecular formula is C68H54F6N10O8. The minimum Gasteiger partial charge on any atom is -0.478 e. The summed E-state index contributed by atoms with van der Waals surface area (Å²) in [5.74, 6) is -5.19. The van der Waals surface area contributed by atoms with Crippen molar-refractivity contribution in [2.24, 2.45) is 0 Å². The fraction of sp³-hybridized carbons (Fsp3) is 0.221. The van der Waals surface area contributed by atoms with Crippen molar-refractivity contribution >= 4 is 51.5 Å². The summed E-state index contributed by atoms with van der Waals surface area (Å²) < 4.78 is 111. The number of hydrogen-bond acceptors (Lipinski definition) is 11. The summed E-state index contributed by atoms with van der Waals surface area (Å²) in [5.41, 5.74) is 3.19. The first-order chi connectivity index (χ1) is 44.4. The summed E-state index contributed by atoms with van der Waals surface area (Å²) in [6, 6.07) is 30.5. The van der Waals surface area contributed by atoms with E-state index in [2.05, 4.69) is 34.9 Å². The van der Waals surface area contributed by atoms with Crippen LogP contribution in [-0.4, -0.2) is 94.5 Å². The molecule has 2 aliphatic rings. The average molecular weight is 1250 g/mol. The van der Waals surface area contributed by atoms with Gasteiger partial charge in [-0.15, -0.1) is 0 Å². The van der Waals surface area contributed by atoms with Crippen molar-refractivity contribution in [1.29, 1.82) is 0 Å². The number of nitrogens with zero attached hydrogens (tertiary/aromatic N) is 9. The van der Waals surface area contributed by atoms with Crippen LogP contribution in [0, 0.1) is 48.0 Å². The molecule has 10 aromatic rings. The summed E-state index contributed by atoms with van der Waals surface area (Å²) in [6.45, 7) is 15.8. The van der Waals surface area contributed by atoms with Crippen molar-refractivity contribution in [3.8, 4) is 34.3 Å². The van der Waals surface area contributed by atoms with Crippen molar-refractivity contribution in [1.82, 2.24) is 39.3 Å². The maximum atomic E-state index is 15.7. The lowest BCUT2D eigenvalue weighted by molar-refractivity contribution is 0.0686. The van der Waals surface area contributed by atoms with Gasteiger partial charge in [0.25, 0.3) is 0 Å². The van der Waals surface area contributed by atoms with Gasteiger partial charge in [-0.3, -0.25) is 0 Å². The van der Waals surface area contributed by atoms with E-state index >= 15 is 17.6 Å². The van der Waals surface area contributed by atoms with Gasteiger partial charge in [-0.05, 0) is 128 Å². The molecule has 0 unspecified atom stereocenters. The topological polar surface area (TPSA) is 205 Å². The van der Waals surface area contributed by atoms with E-state index in [9.17, 15) is 33.4 Å². The zero-order chi connectivity index (χ0) is 64.7. The molecule has 466 valence electrons. The van der Waals surface area contributed by atoms with Gasteiger partial charge in [0.2, 0.25) is 11.8 Å². The molecular weight excluding hydrogens is 1200 g/mol. The predicted molar refractivity (Wildman–Crippen MR) is 325 cm³/mol. The van der Waals surface area contributed by atoms with E-state index in [1.807, 2.05) is 4.57 Å². The van der Waals surface area contributed by atoms with Crippen LogP contribution in [0.3, 0.4) is 0 Å². The standard InChI is InChI=1S/C35H28F3N5O5.C33H26F3N5O3/c1-39-23-10-8-21(26(36)16-23)19-48-33-7-3-6-29(41-33)25-17-27(37)22(13-28(25)38)15-32-40-30-11-9-20(34(44)45)14-31(30)43(32)18-24-5-4-12-42(24)35(46)47-2;1-37-22-9-7-20(25(34)15-22)18-44-32-6-2-5-28(40-32)24-16-26(35)21(12-27(24)36)14-31-39-29-10-8-19(33(42)43)13-30(29)41(31)17-23-4-3-11-38-23/h3,6-11,13-14,16-17,24H,4-5,12,15,18-19H2,2H3,(H,44,45);2,5-10,12-13,15-16,23,38H,3-4,11,14,17-18H2,(H,42,43)/t24-;23-/m11/s1. The number of ether oxygens (including phenoxy) is 3. The first kappa shape index (κ1) is 62.5. The number of pyridine rings is 2. The molecule has 12 rings (SSSR count). The second-order valence-corrected chi connectivity index (χ2v) is 21.8. The molecule has 24 heteroatoms. The summed E-state index contributed by atoms with van der Waals surface area (Å²) in [4.78, 5) is 61.6. The third-order valence-electron chi connectivity index (χ3n) is 15.9. The fourth-order valence-corrected chi connectivity index (χ4v) is 11.2. The molecule has 2 saturated heterocycles. The van der Waals surface area contributed by atoms with Crippen LogP contribution in [0.25, 0.3) is 54.3 Å². The normalized spacial score (nSPS) is 14.4. The lowest BCUT2D eigenvalue weighted by atomic mass is 10.0. The maximum absolute atomic E-state index is 15.7. The molecule has 0 saturated carbocycles. The number of carboxylic acid groups (broad SMARTS) is 2. The Labute approximate surface area is 521 Å². The Balaban J connectivity index is 0.000000189. The third-order valence-corrected chi connectivity index (χ3v) is 15.9. The number of methoxy groups -OCH3 is 1. The Kier molecular flexibility index (Phi) is 18.6. The lowest BCUT2D eigenvalue weighted by Crippen LogP contribution is -2.38. The van der Waals surface area contributed by atoms with Crippen molar-refractivity contribution < 1.29 is 65.1 Å². The number of amides is 1. The number of aromatic nitrogens is 6. The molecule has 4 aromatic heterocycles. The van der Waals surface area contributed by atoms with E-state index < -0.39 is 52.9 Å². The molecule has 0 bridgehead atoms. The summed E-state index contributed by atoms with van der Waals surface area (Å²) in [5, 5.41) is 22.5. The summed E-state index contributed by atoms with van der Waals surface area (Å²) >= 11 is 0. The molecule has 6 aromatic carbocycles. The largest absolute Gasteiger partial charge is 0.478 e. The Bertz CT molecular complexity index is 4600. The van der Waals surface area contributed by atoms with Crippen LogP contribution in [0.15, 0.2) is 133 Å². The fourth-order valence-electron chi connectivity index (χ4n) is 11.2. The smallest absolute Gasteiger partial charge is 0.409 e. The lowest BCUT2D eigenvalue weighted by Gasteiger charge is -2.24. The monoisotopic (exact) mass is 1250 g/mol. The van der Waals surface area contributed by atoms with Gasteiger partial charge in [0.1, 0.15) is 59.8 Å². The molecule has 18 nitrogen and oxygen atoms in total. The SMILES string of the molecule is [C-]#[N+]c1ccc(COc2cccc(-c3cc(F)c(Cc4nc5ccc(C(=O)O)cc5n4C[C@H]4CCCN4)cc3F)n2)c(F)c1.[C-]#[N+]c1ccc(COc2cccc(-c3cc(F)c(Cc4nc5ccc(C(=O)O)cc5n4C[C@H]4CCCN4C(=O)OC)cc3F)n2)c(F)c1. The summed E-state index contributed by atoms with van der Waals surface area (Å²) in [6.07, 6.45) is 2.75. The molecule has 92 heavy (non-hydrogen) atoms. The first-order valence-electron chi connectivity index (χ1n) is 28.9. The zero-order valence-corrected chi connectivity index (χ0v) is 49.0. The minimum absolute atomic E-state index is 0.00764. The Morgan fingerprint density at radius 2 is 1.05 bits per heavy atom. The van der Waals surface area contributed by atoms with Gasteiger partial charge in [-0.25, -0.2) is 70.4 Å². The number of carbonyl (C=O) groups excluding carboxylic acids is 1. The number of hydrogen-bond donors (Lipinski definition) is 3. The quantitative estimate of drug-likeness (QED) is 0.0541. The third kappa shape index (κ3) is 13.9. The van der Waals surface area contributed by atoms with Crippen LogP contribution in [-0.2, 0) is 43.9 Å². The van der Waals surface area contributed by atoms with Crippen LogP contribution in [0.2, 0.25) is 0 Å². The molecule has 1 amide bonds. The van der Waals surface area contributed by atoms with E-state index in [0.717, 1.165) is 62.2 Å². The van der Waals surface area contributed by atoms with Crippen molar-refractivity contribution in [2.75, 3.05) is 20.2 Å². The summed E-state index contributed by atoms with van der Waals surface area (Å²) in [7, 11) is 1.30. The molecule has 6 heterocycles. The van der Waals surface area contributed by atoms with Crippen molar-refractivity contribution in [3.63, 3.8) is 0 Å². The van der Waals surface area contributed by atoms with Gasteiger partial charge < -0.3 is 43.8 Å². The van der Waals surface area contributed by atoms with E-state index in [-0.39, 0.29) is 124 Å². The number of benzene rings is 6. The number of rotatable bonds is 18. The van der Waals surface area contributed by atoms with Gasteiger partial charge in [-0.1, -0.05) is 36.4 Å². The second kappa shape index (κ2) is 27.3. The Morgan fingerprint density at radius 1 is 0.565 bits per heavy atom. The highest BCUT2D eigenvalue weighted by Gasteiger charge is 2.32. The van der Waals surface area contributed by atoms with Gasteiger partial charge in [0.15, 0.2) is 11.4 Å². The first-order valence-corrected chi connectivity index (χ1v) is 28.9. The van der Waals surface area contributed by atoms with Gasteiger partial charge in [0.05, 0.1) is 70.9 Å². The number of imidazole rings is 2.